The van der Waals surface area contributed by atoms with Crippen LogP contribution < -0.4 is 0 Å². The smallest absolute Gasteiger partial charge is 0.0925 e. The number of imidazole rings is 2. The molecular formula is C16H18N4S2. The summed E-state index contributed by atoms with van der Waals surface area (Å²) in [5, 5.41) is 0. The second kappa shape index (κ2) is 7.07. The Morgan fingerprint density at radius 2 is 1.36 bits per heavy atom. The first-order chi connectivity index (χ1) is 10.7. The van der Waals surface area contributed by atoms with Gasteiger partial charge in [-0.15, -0.1) is 23.5 Å². The number of H-pyrrole nitrogens is 2. The zero-order chi connectivity index (χ0) is 15.4. The monoisotopic (exact) mass is 330 g/mol. The van der Waals surface area contributed by atoms with Crippen molar-refractivity contribution >= 4 is 23.5 Å². The van der Waals surface area contributed by atoms with E-state index in [0.29, 0.717) is 0 Å². The first-order valence-corrected chi connectivity index (χ1v) is 9.03. The minimum Gasteiger partial charge on any atom is -0.348 e. The Balaban J connectivity index is 1.60. The summed E-state index contributed by atoms with van der Waals surface area (Å²) >= 11 is 3.63. The summed E-state index contributed by atoms with van der Waals surface area (Å²) in [7, 11) is 0. The van der Waals surface area contributed by atoms with Crippen molar-refractivity contribution in [1.29, 1.82) is 0 Å². The number of thioether (sulfide) groups is 2. The highest BCUT2D eigenvalue weighted by Gasteiger charge is 2.05. The Kier molecular flexibility index (Phi) is 4.90. The lowest BCUT2D eigenvalue weighted by atomic mass is 10.4. The largest absolute Gasteiger partial charge is 0.348 e. The predicted molar refractivity (Wildman–Crippen MR) is 92.2 cm³/mol. The average molecular weight is 330 g/mol. The number of aromatic amines is 2. The number of rotatable bonds is 6. The molecular weight excluding hydrogens is 312 g/mol. The van der Waals surface area contributed by atoms with Crippen LogP contribution in [0.25, 0.3) is 0 Å². The molecule has 0 fully saturated rings. The first kappa shape index (κ1) is 15.2. The van der Waals surface area contributed by atoms with Crippen molar-refractivity contribution in [2.45, 2.75) is 35.1 Å². The van der Waals surface area contributed by atoms with Crippen molar-refractivity contribution in [3.05, 3.63) is 59.7 Å². The fraction of sp³-hybridized carbons (Fsp3) is 0.250. The van der Waals surface area contributed by atoms with E-state index >= 15 is 0 Å². The van der Waals surface area contributed by atoms with E-state index in [4.69, 9.17) is 0 Å². The summed E-state index contributed by atoms with van der Waals surface area (Å²) in [6.45, 7) is 4.11. The summed E-state index contributed by atoms with van der Waals surface area (Å²) in [5.41, 5.74) is 4.53. The molecule has 6 heteroatoms. The molecule has 3 aromatic rings. The molecule has 2 N–H and O–H groups in total. The normalized spacial score (nSPS) is 11.0. The highest BCUT2D eigenvalue weighted by atomic mass is 32.2. The summed E-state index contributed by atoms with van der Waals surface area (Å²) in [4.78, 5) is 17.5. The third-order valence-electron chi connectivity index (χ3n) is 3.43. The molecule has 0 aliphatic heterocycles. The van der Waals surface area contributed by atoms with Crippen LogP contribution in [0.3, 0.4) is 0 Å². The van der Waals surface area contributed by atoms with E-state index in [2.05, 4.69) is 58.0 Å². The summed E-state index contributed by atoms with van der Waals surface area (Å²) in [5.74, 6) is 1.78. The molecule has 1 aromatic carbocycles. The molecule has 4 nitrogen and oxygen atoms in total. The lowest BCUT2D eigenvalue weighted by Gasteiger charge is -2.05. The van der Waals surface area contributed by atoms with Crippen LogP contribution in [-0.2, 0) is 11.5 Å². The van der Waals surface area contributed by atoms with Crippen LogP contribution in [0.1, 0.15) is 22.8 Å². The second-order valence-electron chi connectivity index (χ2n) is 5.00. The molecule has 0 saturated carbocycles. The Labute approximate surface area is 138 Å². The number of nitrogens with one attached hydrogen (secondary N) is 2. The molecule has 2 heterocycles. The highest BCUT2D eigenvalue weighted by Crippen LogP contribution is 2.29. The topological polar surface area (TPSA) is 57.4 Å². The maximum absolute atomic E-state index is 4.34. The van der Waals surface area contributed by atoms with Crippen LogP contribution in [0.2, 0.25) is 0 Å². The van der Waals surface area contributed by atoms with Crippen molar-refractivity contribution < 1.29 is 0 Å². The Hall–Kier alpha value is -1.66. The number of nitrogens with zero attached hydrogens (tertiary/aromatic N) is 2. The first-order valence-electron chi connectivity index (χ1n) is 7.06. The third kappa shape index (κ3) is 3.75. The van der Waals surface area contributed by atoms with Crippen LogP contribution in [0.4, 0.5) is 0 Å². The van der Waals surface area contributed by atoms with E-state index < -0.39 is 0 Å². The molecule has 0 aliphatic carbocycles. The van der Waals surface area contributed by atoms with Gasteiger partial charge >= 0.3 is 0 Å². The molecule has 0 bridgehead atoms. The van der Waals surface area contributed by atoms with Gasteiger partial charge in [0, 0.05) is 32.7 Å². The molecule has 0 spiro atoms. The Morgan fingerprint density at radius 1 is 0.864 bits per heavy atom. The van der Waals surface area contributed by atoms with E-state index in [1.165, 1.54) is 9.79 Å². The SMILES string of the molecule is Cc1[nH]cnc1CSc1cccc(SCc2nc[nH]c2C)c1. The molecule has 0 radical (unpaired) electrons. The molecule has 22 heavy (non-hydrogen) atoms. The molecule has 2 aromatic heterocycles. The number of benzene rings is 1. The van der Waals surface area contributed by atoms with Gasteiger partial charge in [-0.05, 0) is 32.0 Å². The van der Waals surface area contributed by atoms with Crippen LogP contribution >= 0.6 is 23.5 Å². The van der Waals surface area contributed by atoms with Gasteiger partial charge in [-0.25, -0.2) is 9.97 Å². The number of aryl methyl sites for hydroxylation is 2. The van der Waals surface area contributed by atoms with E-state index in [0.717, 1.165) is 34.3 Å². The molecule has 0 saturated heterocycles. The minimum absolute atomic E-state index is 0.891. The molecule has 114 valence electrons. The van der Waals surface area contributed by atoms with Crippen molar-refractivity contribution in [1.82, 2.24) is 19.9 Å². The Morgan fingerprint density at radius 3 is 1.77 bits per heavy atom. The Bertz CT molecular complexity index is 688. The average Bonchev–Trinajstić information content (AvgIpc) is 3.12. The van der Waals surface area contributed by atoms with Gasteiger partial charge in [0.25, 0.3) is 0 Å². The van der Waals surface area contributed by atoms with Gasteiger partial charge in [-0.2, -0.15) is 0 Å². The van der Waals surface area contributed by atoms with E-state index in [1.807, 2.05) is 23.5 Å². The van der Waals surface area contributed by atoms with E-state index in [1.54, 1.807) is 12.7 Å². The predicted octanol–water partition coefficient (Wildman–Crippen LogP) is 4.33. The molecule has 0 aliphatic rings. The number of hydrogen-bond donors (Lipinski definition) is 2. The fourth-order valence-electron chi connectivity index (χ4n) is 2.02. The highest BCUT2D eigenvalue weighted by molar-refractivity contribution is 7.99. The summed E-state index contributed by atoms with van der Waals surface area (Å²) in [6.07, 6.45) is 3.51. The zero-order valence-corrected chi connectivity index (χ0v) is 14.2. The summed E-state index contributed by atoms with van der Waals surface area (Å²) in [6, 6.07) is 8.64. The fourth-order valence-corrected chi connectivity index (χ4v) is 4.06. The quantitative estimate of drug-likeness (QED) is 0.660. The summed E-state index contributed by atoms with van der Waals surface area (Å²) < 4.78 is 0. The zero-order valence-electron chi connectivity index (χ0n) is 12.6. The molecule has 0 amide bonds. The van der Waals surface area contributed by atoms with Crippen LogP contribution in [0.15, 0.2) is 46.7 Å². The van der Waals surface area contributed by atoms with Crippen molar-refractivity contribution in [3.8, 4) is 0 Å². The van der Waals surface area contributed by atoms with Crippen molar-refractivity contribution in [3.63, 3.8) is 0 Å². The standard InChI is InChI=1S/C16H18N4S2/c1-11-15(19-9-17-11)7-21-13-4-3-5-14(6-13)22-8-16-12(2)18-10-20-16/h3-6,9-10H,7-8H2,1-2H3,(H,17,19)(H,18,20). The van der Waals surface area contributed by atoms with Crippen LogP contribution in [0.5, 0.6) is 0 Å². The van der Waals surface area contributed by atoms with Gasteiger partial charge in [0.15, 0.2) is 0 Å². The van der Waals surface area contributed by atoms with E-state index in [-0.39, 0.29) is 0 Å². The molecule has 0 atom stereocenters. The van der Waals surface area contributed by atoms with Crippen molar-refractivity contribution in [2.75, 3.05) is 0 Å². The van der Waals surface area contributed by atoms with Crippen molar-refractivity contribution in [2.24, 2.45) is 0 Å². The van der Waals surface area contributed by atoms with Gasteiger partial charge in [-0.1, -0.05) is 6.07 Å². The molecule has 0 unspecified atom stereocenters. The van der Waals surface area contributed by atoms with Crippen LogP contribution in [0, 0.1) is 13.8 Å². The third-order valence-corrected chi connectivity index (χ3v) is 5.44. The van der Waals surface area contributed by atoms with Crippen LogP contribution in [-0.4, -0.2) is 19.9 Å². The van der Waals surface area contributed by atoms with Gasteiger partial charge < -0.3 is 9.97 Å². The second-order valence-corrected chi connectivity index (χ2v) is 7.10. The van der Waals surface area contributed by atoms with Gasteiger partial charge in [0.1, 0.15) is 0 Å². The lowest BCUT2D eigenvalue weighted by Crippen LogP contribution is -1.86. The van der Waals surface area contributed by atoms with E-state index in [9.17, 15) is 0 Å². The maximum Gasteiger partial charge on any atom is 0.0925 e. The van der Waals surface area contributed by atoms with Gasteiger partial charge in [0.2, 0.25) is 0 Å². The van der Waals surface area contributed by atoms with Gasteiger partial charge in [-0.3, -0.25) is 0 Å². The number of hydrogen-bond acceptors (Lipinski definition) is 4. The number of aromatic nitrogens is 4. The minimum atomic E-state index is 0.891. The molecule has 3 rings (SSSR count). The van der Waals surface area contributed by atoms with Gasteiger partial charge in [0.05, 0.1) is 24.0 Å². The lowest BCUT2D eigenvalue weighted by molar-refractivity contribution is 1.18. The maximum atomic E-state index is 4.34.